The van der Waals surface area contributed by atoms with E-state index < -0.39 is 11.5 Å². The van der Waals surface area contributed by atoms with Crippen molar-refractivity contribution >= 4 is 11.8 Å². The zero-order valence-electron chi connectivity index (χ0n) is 14.6. The van der Waals surface area contributed by atoms with Gasteiger partial charge in [0.15, 0.2) is 0 Å². The molecule has 0 spiro atoms. The molecule has 7 heteroatoms. The molecular formula is C19H21N3O4. The number of hydrogen-bond acceptors (Lipinski definition) is 4. The molecule has 2 aromatic rings. The maximum absolute atomic E-state index is 12.6. The summed E-state index contributed by atoms with van der Waals surface area (Å²) < 4.78 is 1.33. The molecule has 0 atom stereocenters. The van der Waals surface area contributed by atoms with Gasteiger partial charge >= 0.3 is 0 Å². The van der Waals surface area contributed by atoms with Crippen LogP contribution < -0.4 is 10.9 Å². The van der Waals surface area contributed by atoms with Gasteiger partial charge in [0.05, 0.1) is 6.61 Å². The van der Waals surface area contributed by atoms with Gasteiger partial charge in [-0.3, -0.25) is 14.4 Å². The van der Waals surface area contributed by atoms with Gasteiger partial charge < -0.3 is 19.9 Å². The number of carbonyl (C=O) groups is 2. The van der Waals surface area contributed by atoms with Crippen LogP contribution in [0, 0.1) is 6.92 Å². The fraction of sp³-hybridized carbons (Fsp3) is 0.316. The molecule has 0 fully saturated rings. The van der Waals surface area contributed by atoms with Crippen LogP contribution in [0.4, 0.5) is 0 Å². The Hall–Kier alpha value is -2.93. The average molecular weight is 355 g/mol. The number of aryl methyl sites for hydroxylation is 1. The van der Waals surface area contributed by atoms with Crippen molar-refractivity contribution in [2.24, 2.45) is 0 Å². The van der Waals surface area contributed by atoms with E-state index in [1.165, 1.54) is 21.6 Å². The van der Waals surface area contributed by atoms with Gasteiger partial charge in [-0.25, -0.2) is 0 Å². The predicted octanol–water partition coefficient (Wildman–Crippen LogP) is 0.535. The summed E-state index contributed by atoms with van der Waals surface area (Å²) in [5, 5.41) is 11.8. The van der Waals surface area contributed by atoms with Gasteiger partial charge in [-0.15, -0.1) is 0 Å². The van der Waals surface area contributed by atoms with E-state index in [1.807, 2.05) is 31.2 Å². The van der Waals surface area contributed by atoms with Crippen LogP contribution in [0.15, 0.2) is 41.2 Å². The normalized spacial score (nSPS) is 13.5. The highest BCUT2D eigenvalue weighted by Crippen LogP contribution is 2.11. The van der Waals surface area contributed by atoms with Gasteiger partial charge in [-0.2, -0.15) is 0 Å². The van der Waals surface area contributed by atoms with E-state index in [4.69, 9.17) is 5.11 Å². The Bertz CT molecular complexity index is 887. The van der Waals surface area contributed by atoms with Gasteiger partial charge in [0.1, 0.15) is 11.3 Å². The molecule has 7 nitrogen and oxygen atoms in total. The second-order valence-electron chi connectivity index (χ2n) is 6.27. The number of aromatic nitrogens is 1. The van der Waals surface area contributed by atoms with Crippen LogP contribution in [0.1, 0.15) is 32.0 Å². The Kier molecular flexibility index (Phi) is 5.18. The Labute approximate surface area is 150 Å². The zero-order chi connectivity index (χ0) is 18.7. The van der Waals surface area contributed by atoms with Crippen LogP contribution in [0.25, 0.3) is 0 Å². The minimum Gasteiger partial charge on any atom is -0.395 e. The lowest BCUT2D eigenvalue weighted by Crippen LogP contribution is -2.46. The van der Waals surface area contributed by atoms with E-state index in [1.54, 1.807) is 0 Å². The number of pyridine rings is 1. The first-order valence-electron chi connectivity index (χ1n) is 8.49. The summed E-state index contributed by atoms with van der Waals surface area (Å²) in [5.41, 5.74) is 1.86. The summed E-state index contributed by atoms with van der Waals surface area (Å²) in [5.74, 6) is -0.773. The molecular weight excluding hydrogens is 334 g/mol. The topological polar surface area (TPSA) is 91.6 Å². The van der Waals surface area contributed by atoms with E-state index >= 15 is 0 Å². The van der Waals surface area contributed by atoms with Gasteiger partial charge in [0.25, 0.3) is 17.4 Å². The molecule has 26 heavy (non-hydrogen) atoms. The molecule has 3 rings (SSSR count). The third-order valence-electron chi connectivity index (χ3n) is 4.46. The SMILES string of the molecule is Cc1ccc(CNC(=O)c2ccc3n(c2=O)CCN(CCO)C3=O)cc1. The molecule has 0 radical (unpaired) electrons. The largest absolute Gasteiger partial charge is 0.395 e. The first-order chi connectivity index (χ1) is 12.5. The van der Waals surface area contributed by atoms with Crippen molar-refractivity contribution in [3.8, 4) is 0 Å². The predicted molar refractivity (Wildman–Crippen MR) is 96.0 cm³/mol. The highest BCUT2D eigenvalue weighted by molar-refractivity contribution is 5.96. The highest BCUT2D eigenvalue weighted by Gasteiger charge is 2.26. The number of β-amino-alcohol motifs (C(OH)–C–C–N with tert-alkyl or cyclic N) is 1. The Balaban J connectivity index is 1.77. The lowest BCUT2D eigenvalue weighted by atomic mass is 10.1. The van der Waals surface area contributed by atoms with Crippen molar-refractivity contribution in [1.29, 1.82) is 0 Å². The molecule has 0 unspecified atom stereocenters. The number of hydrogen-bond donors (Lipinski definition) is 2. The van der Waals surface area contributed by atoms with Gasteiger partial charge in [-0.1, -0.05) is 29.8 Å². The fourth-order valence-corrected chi connectivity index (χ4v) is 2.96. The summed E-state index contributed by atoms with van der Waals surface area (Å²) >= 11 is 0. The van der Waals surface area contributed by atoms with Crippen LogP contribution in [-0.2, 0) is 13.1 Å². The van der Waals surface area contributed by atoms with E-state index in [0.29, 0.717) is 19.6 Å². The zero-order valence-corrected chi connectivity index (χ0v) is 14.6. The van der Waals surface area contributed by atoms with Crippen molar-refractivity contribution in [2.75, 3.05) is 19.7 Å². The summed E-state index contributed by atoms with van der Waals surface area (Å²) in [6.45, 7) is 3.05. The maximum Gasteiger partial charge on any atom is 0.270 e. The van der Waals surface area contributed by atoms with Crippen molar-refractivity contribution in [3.63, 3.8) is 0 Å². The minimum absolute atomic E-state index is 0.0178. The van der Waals surface area contributed by atoms with Gasteiger partial charge in [0.2, 0.25) is 0 Å². The summed E-state index contributed by atoms with van der Waals surface area (Å²) in [6, 6.07) is 10.6. The molecule has 2 N–H and O–H groups in total. The lowest BCUT2D eigenvalue weighted by Gasteiger charge is -2.29. The maximum atomic E-state index is 12.6. The molecule has 0 saturated carbocycles. The lowest BCUT2D eigenvalue weighted by molar-refractivity contribution is 0.0663. The second-order valence-corrected chi connectivity index (χ2v) is 6.27. The number of amides is 2. The Morgan fingerprint density at radius 3 is 2.54 bits per heavy atom. The van der Waals surface area contributed by atoms with Crippen LogP contribution in [0.3, 0.4) is 0 Å². The van der Waals surface area contributed by atoms with Gasteiger partial charge in [0, 0.05) is 26.2 Å². The molecule has 0 aliphatic carbocycles. The third kappa shape index (κ3) is 3.52. The minimum atomic E-state index is -0.471. The summed E-state index contributed by atoms with van der Waals surface area (Å²) in [7, 11) is 0. The Morgan fingerprint density at radius 1 is 1.12 bits per heavy atom. The van der Waals surface area contributed by atoms with E-state index in [2.05, 4.69) is 5.32 Å². The Morgan fingerprint density at radius 2 is 1.85 bits per heavy atom. The molecule has 2 heterocycles. The molecule has 2 amide bonds. The van der Waals surface area contributed by atoms with Crippen molar-refractivity contribution < 1.29 is 14.7 Å². The van der Waals surface area contributed by atoms with Crippen LogP contribution in [-0.4, -0.2) is 46.1 Å². The number of aliphatic hydroxyl groups excluding tert-OH is 1. The highest BCUT2D eigenvalue weighted by atomic mass is 16.3. The van der Waals surface area contributed by atoms with E-state index in [0.717, 1.165) is 11.1 Å². The standard InChI is InChI=1S/C19H21N3O4/c1-13-2-4-14(5-3-13)12-20-17(24)15-6-7-16-19(26)21(10-11-23)8-9-22(16)18(15)25/h2-7,23H,8-12H2,1H3,(H,20,24). The van der Waals surface area contributed by atoms with Crippen LogP contribution in [0.2, 0.25) is 0 Å². The smallest absolute Gasteiger partial charge is 0.270 e. The van der Waals surface area contributed by atoms with Crippen molar-refractivity contribution in [1.82, 2.24) is 14.8 Å². The van der Waals surface area contributed by atoms with Crippen molar-refractivity contribution in [2.45, 2.75) is 20.0 Å². The third-order valence-corrected chi connectivity index (χ3v) is 4.46. The quantitative estimate of drug-likeness (QED) is 0.819. The van der Waals surface area contributed by atoms with Crippen LogP contribution in [0.5, 0.6) is 0 Å². The number of rotatable bonds is 5. The number of benzene rings is 1. The molecule has 0 saturated heterocycles. The van der Waals surface area contributed by atoms with E-state index in [9.17, 15) is 14.4 Å². The number of nitrogens with zero attached hydrogens (tertiary/aromatic N) is 2. The average Bonchev–Trinajstić information content (AvgIpc) is 2.64. The molecule has 0 bridgehead atoms. The van der Waals surface area contributed by atoms with Gasteiger partial charge in [-0.05, 0) is 24.6 Å². The van der Waals surface area contributed by atoms with Crippen LogP contribution >= 0.6 is 0 Å². The number of nitrogens with one attached hydrogen (secondary N) is 1. The second kappa shape index (κ2) is 7.53. The molecule has 1 aromatic heterocycles. The molecule has 1 aliphatic heterocycles. The first kappa shape index (κ1) is 17.9. The molecule has 1 aliphatic rings. The van der Waals surface area contributed by atoms with E-state index in [-0.39, 0.29) is 30.3 Å². The first-order valence-corrected chi connectivity index (χ1v) is 8.49. The summed E-state index contributed by atoms with van der Waals surface area (Å²) in [4.78, 5) is 38.8. The number of fused-ring (bicyclic) bond motifs is 1. The summed E-state index contributed by atoms with van der Waals surface area (Å²) in [6.07, 6.45) is 0. The molecule has 1 aromatic carbocycles. The van der Waals surface area contributed by atoms with Crippen molar-refractivity contribution in [3.05, 3.63) is 69.1 Å². The number of carbonyl (C=O) groups excluding carboxylic acids is 2. The molecule has 136 valence electrons. The fourth-order valence-electron chi connectivity index (χ4n) is 2.96. The number of aliphatic hydroxyl groups is 1. The monoisotopic (exact) mass is 355 g/mol.